The van der Waals surface area contributed by atoms with Crippen molar-refractivity contribution in [3.05, 3.63) is 0 Å². The van der Waals surface area contributed by atoms with Crippen molar-refractivity contribution in [3.8, 4) is 0 Å². The van der Waals surface area contributed by atoms with E-state index in [0.717, 1.165) is 0 Å². The summed E-state index contributed by atoms with van der Waals surface area (Å²) < 4.78 is 0. The van der Waals surface area contributed by atoms with E-state index in [1.807, 2.05) is 0 Å². The Hall–Kier alpha value is 1.70. The van der Waals surface area contributed by atoms with Crippen molar-refractivity contribution in [2.75, 3.05) is 0 Å². The second-order valence-corrected chi connectivity index (χ2v) is 0. The third-order valence-electron chi connectivity index (χ3n) is 0. The first kappa shape index (κ1) is 43.7. The molecule has 0 saturated heterocycles. The van der Waals surface area contributed by atoms with Gasteiger partial charge in [-0.1, -0.05) is 0 Å². The molecule has 0 aromatic rings. The van der Waals surface area contributed by atoms with E-state index in [1.165, 1.54) is 0 Å². The Morgan fingerprint density at radius 3 is 1.25 bits per heavy atom. The van der Waals surface area contributed by atoms with E-state index in [-0.39, 0.29) is 67.5 Å². The van der Waals surface area contributed by atoms with Crippen LogP contribution in [0, 0.1) is 0 Å². The number of hydrogen-bond acceptors (Lipinski definition) is 0. The molecular weight excluding hydrogens is 57.9 g/mol. The fourth-order valence-electron chi connectivity index (χ4n) is 0. The topological polar surface area (TPSA) is 0 Å². The molecule has 0 rings (SSSR count). The van der Waals surface area contributed by atoms with E-state index >= 15 is 0 Å². The fraction of sp³-hybridized carbons (Fsp3) is 0. The summed E-state index contributed by atoms with van der Waals surface area (Å²) in [5.41, 5.74) is 0. The van der Waals surface area contributed by atoms with Crippen LogP contribution in [0.2, 0.25) is 0 Å². The first-order valence-electron chi connectivity index (χ1n) is 0. The summed E-state index contributed by atoms with van der Waals surface area (Å²) in [6, 6.07) is 0. The van der Waals surface area contributed by atoms with Gasteiger partial charge in [-0.3, -0.25) is 0 Å². The standard InChI is InChI=1S/Be.FH.Li.Na.3H/h;1H;;;;;/q+2;;2*+1;3*-1/p-1. The minimum Gasteiger partial charge on any atom is -1.00 e. The molecule has 0 bridgehead atoms. The molecule has 0 aromatic heterocycles. The first-order valence-corrected chi connectivity index (χ1v) is 0. The maximum absolute atomic E-state index is 0. The van der Waals surface area contributed by atoms with Gasteiger partial charge in [0, 0.05) is 0 Å². The predicted molar refractivity (Wildman–Crippen MR) is 9.09 cm³/mol. The molecule has 0 nitrogen and oxygen atoms in total. The Balaban J connectivity index is 0. The molecule has 0 atom stereocenters. The third-order valence-corrected chi connectivity index (χ3v) is 0. The molecule has 14 valence electrons. The summed E-state index contributed by atoms with van der Waals surface area (Å²) in [6.45, 7) is 0. The van der Waals surface area contributed by atoms with E-state index in [0.29, 0.717) is 0 Å². The van der Waals surface area contributed by atoms with Crippen LogP contribution in [0.15, 0.2) is 0 Å². The van der Waals surface area contributed by atoms with Gasteiger partial charge in [-0.25, -0.2) is 0 Å². The Morgan fingerprint density at radius 2 is 1.25 bits per heavy atom. The van der Waals surface area contributed by atoms with Crippen LogP contribution in [-0.2, 0) is 0 Å². The van der Waals surface area contributed by atoms with E-state index in [4.69, 9.17) is 0 Å². The number of halogens is 1. The summed E-state index contributed by atoms with van der Waals surface area (Å²) in [5, 5.41) is 0. The molecule has 0 aromatic carbocycles. The van der Waals surface area contributed by atoms with E-state index in [2.05, 4.69) is 0 Å². The summed E-state index contributed by atoms with van der Waals surface area (Å²) in [5.74, 6) is 0. The van der Waals surface area contributed by atoms with Crippen LogP contribution in [-0.4, -0.2) is 10.1 Å². The van der Waals surface area contributed by atoms with Crippen molar-refractivity contribution in [2.45, 2.75) is 0 Å². The summed E-state index contributed by atoms with van der Waals surface area (Å²) in [7, 11) is 0. The molecule has 4 heavy (non-hydrogen) atoms. The maximum atomic E-state index is 0. The Morgan fingerprint density at radius 1 is 1.25 bits per heavy atom. The SMILES string of the molecule is [Be+2].[F-].[H-].[H-].[H-].[Li+].[Na+]. The largest absolute Gasteiger partial charge is 2.00 e. The molecule has 0 fully saturated rings. The molecule has 4 heteroatoms. The van der Waals surface area contributed by atoms with Gasteiger partial charge in [0.2, 0.25) is 0 Å². The molecule has 0 aliphatic carbocycles. The van der Waals surface area contributed by atoms with Gasteiger partial charge in [0.05, 0.1) is 0 Å². The Bertz CT molecular complexity index is 14.9. The van der Waals surface area contributed by atoms with Crippen LogP contribution >= 0.6 is 0 Å². The van der Waals surface area contributed by atoms with E-state index < -0.39 is 0 Å². The molecule has 0 aliphatic heterocycles. The van der Waals surface area contributed by atoms with Gasteiger partial charge in [-0.05, 0) is 0 Å². The van der Waals surface area contributed by atoms with E-state index in [9.17, 15) is 0 Å². The van der Waals surface area contributed by atoms with Crippen LogP contribution in [0.5, 0.6) is 0 Å². The van der Waals surface area contributed by atoms with Gasteiger partial charge >= 0.3 is 58.5 Å². The summed E-state index contributed by atoms with van der Waals surface area (Å²) >= 11 is 0. The molecule has 0 radical (unpaired) electrons. The van der Waals surface area contributed by atoms with Crippen molar-refractivity contribution >= 4 is 10.1 Å². The monoisotopic (exact) mass is 61.0 g/mol. The molecule has 0 unspecified atom stereocenters. The predicted octanol–water partition coefficient (Wildman–Crippen LogP) is -9.03. The van der Waals surface area contributed by atoms with Crippen molar-refractivity contribution in [2.24, 2.45) is 0 Å². The normalized spacial score (nSPS) is 0. The quantitative estimate of drug-likeness (QED) is 0.244. The van der Waals surface area contributed by atoms with E-state index in [1.54, 1.807) is 0 Å². The maximum Gasteiger partial charge on any atom is 2.00 e. The molecule has 0 spiro atoms. The molecule has 0 N–H and O–H groups in total. The zero-order valence-corrected chi connectivity index (χ0v) is 5.09. The van der Waals surface area contributed by atoms with Crippen molar-refractivity contribution < 1.29 is 57.4 Å². The van der Waals surface area contributed by atoms with Gasteiger partial charge in [0.1, 0.15) is 0 Å². The Labute approximate surface area is 67.2 Å². The van der Waals surface area contributed by atoms with Crippen molar-refractivity contribution in [1.29, 1.82) is 0 Å². The van der Waals surface area contributed by atoms with Crippen LogP contribution in [0.25, 0.3) is 0 Å². The van der Waals surface area contributed by atoms with Crippen LogP contribution in [0.3, 0.4) is 0 Å². The second kappa shape index (κ2) is 22.3. The van der Waals surface area contributed by atoms with Crippen LogP contribution < -0.4 is 53.1 Å². The minimum absolute atomic E-state index is 0. The average Bonchev–Trinajstić information content (AvgIpc) is 0. The molecule has 0 saturated carbocycles. The minimum atomic E-state index is 0. The second-order valence-electron chi connectivity index (χ2n) is 0. The van der Waals surface area contributed by atoms with Crippen molar-refractivity contribution in [1.82, 2.24) is 0 Å². The third kappa shape index (κ3) is 9.34. The number of rotatable bonds is 0. The fourth-order valence-corrected chi connectivity index (χ4v) is 0. The van der Waals surface area contributed by atoms with Crippen LogP contribution in [0.4, 0.5) is 0 Å². The zero-order valence-electron chi connectivity index (χ0n) is 6.09. The first-order chi connectivity index (χ1) is 0. The average molecular weight is 61.0 g/mol. The van der Waals surface area contributed by atoms with Gasteiger partial charge in [0.25, 0.3) is 0 Å². The zero-order chi connectivity index (χ0) is 0. The van der Waals surface area contributed by atoms with Gasteiger partial charge in [-0.15, -0.1) is 0 Å². The summed E-state index contributed by atoms with van der Waals surface area (Å²) in [4.78, 5) is 0. The molecule has 0 heterocycles. The van der Waals surface area contributed by atoms with Gasteiger partial charge in [0.15, 0.2) is 0 Å². The summed E-state index contributed by atoms with van der Waals surface area (Å²) in [6.07, 6.45) is 0. The van der Waals surface area contributed by atoms with Crippen LogP contribution in [0.1, 0.15) is 4.28 Å². The molecular formula is H3BeFLiNa. The molecule has 0 aliphatic rings. The smallest absolute Gasteiger partial charge is 1.00 e. The van der Waals surface area contributed by atoms with Crippen molar-refractivity contribution in [3.63, 3.8) is 0 Å². The Kier molecular flexibility index (Phi) is 243. The van der Waals surface area contributed by atoms with Gasteiger partial charge < -0.3 is 8.98 Å². The molecule has 0 amide bonds. The van der Waals surface area contributed by atoms with Gasteiger partial charge in [-0.2, -0.15) is 0 Å². The number of hydrogen-bond donors (Lipinski definition) is 0.